The van der Waals surface area contributed by atoms with Crippen molar-refractivity contribution in [2.75, 3.05) is 13.2 Å². The zero-order valence-electron chi connectivity index (χ0n) is 10.6. The Bertz CT molecular complexity index is 535. The molecule has 0 radical (unpaired) electrons. The van der Waals surface area contributed by atoms with Gasteiger partial charge in [0.05, 0.1) is 18.2 Å². The molecular formula is C14H16ClNO2S. The molecule has 19 heavy (non-hydrogen) atoms. The van der Waals surface area contributed by atoms with Crippen molar-refractivity contribution in [1.29, 1.82) is 0 Å². The largest absolute Gasteiger partial charge is 0.395 e. The number of hydrogen-bond acceptors (Lipinski definition) is 4. The van der Waals surface area contributed by atoms with E-state index in [0.29, 0.717) is 11.4 Å². The summed E-state index contributed by atoms with van der Waals surface area (Å²) in [4.78, 5) is 5.26. The Hall–Kier alpha value is -0.940. The van der Waals surface area contributed by atoms with E-state index in [1.807, 2.05) is 19.1 Å². The van der Waals surface area contributed by atoms with Gasteiger partial charge in [-0.2, -0.15) is 0 Å². The summed E-state index contributed by atoms with van der Waals surface area (Å²) >= 11 is 7.46. The van der Waals surface area contributed by atoms with Crippen molar-refractivity contribution in [2.45, 2.75) is 18.8 Å². The number of halogens is 1. The molecule has 1 aromatic carbocycles. The summed E-state index contributed by atoms with van der Waals surface area (Å²) in [6.45, 7) is 1.69. The first-order valence-corrected chi connectivity index (χ1v) is 7.18. The summed E-state index contributed by atoms with van der Waals surface area (Å²) in [5.74, 6) is 0. The zero-order chi connectivity index (χ0) is 13.9. The van der Waals surface area contributed by atoms with Gasteiger partial charge in [0.15, 0.2) is 0 Å². The Labute approximate surface area is 121 Å². The summed E-state index contributed by atoms with van der Waals surface area (Å²) in [6.07, 6.45) is 2.36. The van der Waals surface area contributed by atoms with E-state index < -0.39 is 5.41 Å². The van der Waals surface area contributed by atoms with E-state index in [-0.39, 0.29) is 13.2 Å². The average molecular weight is 298 g/mol. The second-order valence-corrected chi connectivity index (χ2v) is 6.38. The molecule has 0 saturated carbocycles. The van der Waals surface area contributed by atoms with Crippen molar-refractivity contribution in [1.82, 2.24) is 4.98 Å². The second-order valence-electron chi connectivity index (χ2n) is 4.63. The van der Waals surface area contributed by atoms with Crippen LogP contribution in [0.25, 0.3) is 0 Å². The third-order valence-corrected chi connectivity index (χ3v) is 4.41. The van der Waals surface area contributed by atoms with Crippen molar-refractivity contribution in [3.63, 3.8) is 0 Å². The number of aliphatic hydroxyl groups is 2. The smallest absolute Gasteiger partial charge is 0.0896 e. The van der Waals surface area contributed by atoms with Crippen LogP contribution in [-0.2, 0) is 11.8 Å². The number of nitrogens with zero attached hydrogens (tertiary/aromatic N) is 1. The van der Waals surface area contributed by atoms with Crippen LogP contribution in [0, 0.1) is 6.92 Å². The molecule has 0 saturated heterocycles. The molecule has 0 aliphatic rings. The minimum atomic E-state index is -0.691. The number of benzene rings is 1. The van der Waals surface area contributed by atoms with Crippen LogP contribution in [0.15, 0.2) is 30.5 Å². The molecule has 0 unspecified atom stereocenters. The summed E-state index contributed by atoms with van der Waals surface area (Å²) in [5, 5.41) is 21.1. The summed E-state index contributed by atoms with van der Waals surface area (Å²) in [6, 6.07) is 7.25. The van der Waals surface area contributed by atoms with Crippen LogP contribution in [-0.4, -0.2) is 28.4 Å². The minimum absolute atomic E-state index is 0.123. The van der Waals surface area contributed by atoms with Gasteiger partial charge in [-0.25, -0.2) is 4.98 Å². The lowest BCUT2D eigenvalue weighted by atomic mass is 9.78. The molecule has 2 rings (SSSR count). The third-order valence-electron chi connectivity index (χ3n) is 3.24. The standard InChI is InChI=1S/C14H16ClNO2S/c1-10-16-7-13(19-10)6-14(8-17,9-18)11-2-4-12(15)5-3-11/h2-5,7,17-18H,6,8-9H2,1H3. The fourth-order valence-corrected chi connectivity index (χ4v) is 3.14. The molecule has 0 fully saturated rings. The monoisotopic (exact) mass is 297 g/mol. The number of thiazole rings is 1. The molecule has 2 aromatic rings. The lowest BCUT2D eigenvalue weighted by molar-refractivity contribution is 0.117. The number of hydrogen-bond donors (Lipinski definition) is 2. The summed E-state index contributed by atoms with van der Waals surface area (Å²) in [7, 11) is 0. The SMILES string of the molecule is Cc1ncc(CC(CO)(CO)c2ccc(Cl)cc2)s1. The fraction of sp³-hybridized carbons (Fsp3) is 0.357. The quantitative estimate of drug-likeness (QED) is 0.892. The molecule has 3 nitrogen and oxygen atoms in total. The fourth-order valence-electron chi connectivity index (χ4n) is 2.07. The molecule has 0 amide bonds. The Morgan fingerprint density at radius 3 is 2.32 bits per heavy atom. The number of aryl methyl sites for hydroxylation is 1. The van der Waals surface area contributed by atoms with Gasteiger partial charge < -0.3 is 10.2 Å². The molecule has 1 heterocycles. The molecule has 5 heteroatoms. The predicted molar refractivity (Wildman–Crippen MR) is 77.9 cm³/mol. The molecule has 0 aliphatic heterocycles. The highest BCUT2D eigenvalue weighted by Crippen LogP contribution is 2.30. The summed E-state index contributed by atoms with van der Waals surface area (Å²) in [5.41, 5.74) is 0.191. The van der Waals surface area contributed by atoms with Crippen molar-refractivity contribution >= 4 is 22.9 Å². The van der Waals surface area contributed by atoms with E-state index in [1.165, 1.54) is 0 Å². The van der Waals surface area contributed by atoms with E-state index in [4.69, 9.17) is 11.6 Å². The van der Waals surface area contributed by atoms with Crippen molar-refractivity contribution in [2.24, 2.45) is 0 Å². The van der Waals surface area contributed by atoms with Crippen molar-refractivity contribution in [3.8, 4) is 0 Å². The molecule has 0 aliphatic carbocycles. The van der Waals surface area contributed by atoms with E-state index in [9.17, 15) is 10.2 Å². The maximum atomic E-state index is 9.76. The van der Waals surface area contributed by atoms with E-state index in [1.54, 1.807) is 29.7 Å². The lowest BCUT2D eigenvalue weighted by Gasteiger charge is -2.30. The molecular weight excluding hydrogens is 282 g/mol. The van der Waals surface area contributed by atoms with E-state index in [0.717, 1.165) is 15.4 Å². The van der Waals surface area contributed by atoms with Gasteiger partial charge in [-0.1, -0.05) is 23.7 Å². The predicted octanol–water partition coefficient (Wildman–Crippen LogP) is 2.57. The Morgan fingerprint density at radius 2 is 1.84 bits per heavy atom. The maximum absolute atomic E-state index is 9.76. The first kappa shape index (κ1) is 14.5. The van der Waals surface area contributed by atoms with Gasteiger partial charge in [0, 0.05) is 21.5 Å². The molecule has 0 atom stereocenters. The lowest BCUT2D eigenvalue weighted by Crippen LogP contribution is -2.37. The number of rotatable bonds is 5. The minimum Gasteiger partial charge on any atom is -0.395 e. The van der Waals surface area contributed by atoms with Crippen LogP contribution in [0.1, 0.15) is 15.4 Å². The van der Waals surface area contributed by atoms with Gasteiger partial charge in [-0.05, 0) is 31.0 Å². The average Bonchev–Trinajstić information content (AvgIpc) is 2.82. The summed E-state index contributed by atoms with van der Waals surface area (Å²) < 4.78 is 0. The van der Waals surface area contributed by atoms with Gasteiger partial charge >= 0.3 is 0 Å². The Balaban J connectivity index is 2.33. The van der Waals surface area contributed by atoms with Crippen molar-refractivity contribution in [3.05, 3.63) is 50.9 Å². The molecule has 102 valence electrons. The van der Waals surface area contributed by atoms with Crippen molar-refractivity contribution < 1.29 is 10.2 Å². The molecule has 0 spiro atoms. The first-order valence-electron chi connectivity index (χ1n) is 5.99. The molecule has 0 bridgehead atoms. The topological polar surface area (TPSA) is 53.4 Å². The normalized spacial score (nSPS) is 11.8. The Kier molecular flexibility index (Phi) is 4.58. The van der Waals surface area contributed by atoms with Crippen LogP contribution >= 0.6 is 22.9 Å². The van der Waals surface area contributed by atoms with Gasteiger partial charge in [-0.15, -0.1) is 11.3 Å². The second kappa shape index (κ2) is 6.01. The van der Waals surface area contributed by atoms with Crippen LogP contribution in [0.3, 0.4) is 0 Å². The highest BCUT2D eigenvalue weighted by atomic mass is 35.5. The third kappa shape index (κ3) is 3.15. The van der Waals surface area contributed by atoms with Gasteiger partial charge in [0.2, 0.25) is 0 Å². The molecule has 1 aromatic heterocycles. The number of aromatic nitrogens is 1. The van der Waals surface area contributed by atoms with Crippen LogP contribution < -0.4 is 0 Å². The van der Waals surface area contributed by atoms with Crippen LogP contribution in [0.5, 0.6) is 0 Å². The van der Waals surface area contributed by atoms with Crippen LogP contribution in [0.2, 0.25) is 5.02 Å². The first-order chi connectivity index (χ1) is 9.09. The number of aliphatic hydroxyl groups excluding tert-OH is 2. The Morgan fingerprint density at radius 1 is 1.21 bits per heavy atom. The maximum Gasteiger partial charge on any atom is 0.0896 e. The molecule has 2 N–H and O–H groups in total. The van der Waals surface area contributed by atoms with Gasteiger partial charge in [0.1, 0.15) is 0 Å². The van der Waals surface area contributed by atoms with E-state index >= 15 is 0 Å². The zero-order valence-corrected chi connectivity index (χ0v) is 12.2. The van der Waals surface area contributed by atoms with Crippen LogP contribution in [0.4, 0.5) is 0 Å². The van der Waals surface area contributed by atoms with Gasteiger partial charge in [0.25, 0.3) is 0 Å². The highest BCUT2D eigenvalue weighted by molar-refractivity contribution is 7.11. The highest BCUT2D eigenvalue weighted by Gasteiger charge is 2.32. The van der Waals surface area contributed by atoms with Gasteiger partial charge in [-0.3, -0.25) is 0 Å². The van der Waals surface area contributed by atoms with E-state index in [2.05, 4.69) is 4.98 Å².